The van der Waals surface area contributed by atoms with Crippen LogP contribution < -0.4 is 4.74 Å². The van der Waals surface area contributed by atoms with Gasteiger partial charge in [0.25, 0.3) is 0 Å². The van der Waals surface area contributed by atoms with E-state index >= 15 is 0 Å². The highest BCUT2D eigenvalue weighted by molar-refractivity contribution is 7.91. The van der Waals surface area contributed by atoms with Gasteiger partial charge in [-0.3, -0.25) is 0 Å². The van der Waals surface area contributed by atoms with Crippen LogP contribution in [0.2, 0.25) is 0 Å². The molecular weight excluding hydrogens is 412 g/mol. The van der Waals surface area contributed by atoms with Gasteiger partial charge in [-0.2, -0.15) is 0 Å². The average Bonchev–Trinajstić information content (AvgIpc) is 2.75. The SMILES string of the molecule is C=C(C)C(=O)OCCOc1ccc(/C=C/c2ccc(S(=O)(=O)CC(C)CC)cc2)cc1. The summed E-state index contributed by atoms with van der Waals surface area (Å²) in [4.78, 5) is 11.7. The van der Waals surface area contributed by atoms with Crippen LogP contribution in [0.15, 0.2) is 65.6 Å². The van der Waals surface area contributed by atoms with E-state index < -0.39 is 15.8 Å². The minimum absolute atomic E-state index is 0.142. The first kappa shape index (κ1) is 24.4. The molecule has 0 N–H and O–H groups in total. The van der Waals surface area contributed by atoms with Crippen LogP contribution in [0.4, 0.5) is 0 Å². The maximum Gasteiger partial charge on any atom is 0.333 e. The molecule has 31 heavy (non-hydrogen) atoms. The maximum atomic E-state index is 12.4. The molecule has 5 nitrogen and oxygen atoms in total. The van der Waals surface area contributed by atoms with E-state index in [0.717, 1.165) is 17.5 Å². The van der Waals surface area contributed by atoms with E-state index in [1.165, 1.54) is 0 Å². The fourth-order valence-electron chi connectivity index (χ4n) is 2.66. The minimum Gasteiger partial charge on any atom is -0.490 e. The van der Waals surface area contributed by atoms with Gasteiger partial charge in [-0.05, 0) is 48.2 Å². The summed E-state index contributed by atoms with van der Waals surface area (Å²) < 4.78 is 35.4. The molecule has 0 aliphatic heterocycles. The van der Waals surface area contributed by atoms with Gasteiger partial charge in [0.15, 0.2) is 9.84 Å². The Hall–Kier alpha value is -2.86. The Morgan fingerprint density at radius 2 is 1.55 bits per heavy atom. The molecule has 2 aromatic rings. The number of esters is 1. The molecular formula is C25H30O5S. The van der Waals surface area contributed by atoms with Crippen molar-refractivity contribution in [3.05, 3.63) is 71.8 Å². The summed E-state index contributed by atoms with van der Waals surface area (Å²) in [6, 6.07) is 14.4. The molecule has 2 rings (SSSR count). The summed E-state index contributed by atoms with van der Waals surface area (Å²) in [6.45, 7) is 9.49. The molecule has 1 unspecified atom stereocenters. The van der Waals surface area contributed by atoms with Crippen molar-refractivity contribution < 1.29 is 22.7 Å². The Morgan fingerprint density at radius 1 is 1.00 bits per heavy atom. The van der Waals surface area contributed by atoms with Crippen molar-refractivity contribution in [2.45, 2.75) is 32.1 Å². The Bertz CT molecular complexity index is 1000. The average molecular weight is 443 g/mol. The van der Waals surface area contributed by atoms with Gasteiger partial charge in [0.05, 0.1) is 10.6 Å². The number of carbonyl (C=O) groups excluding carboxylic acids is 1. The molecule has 6 heteroatoms. The number of carbonyl (C=O) groups is 1. The van der Waals surface area contributed by atoms with E-state index in [0.29, 0.717) is 16.2 Å². The number of ether oxygens (including phenoxy) is 2. The van der Waals surface area contributed by atoms with Crippen molar-refractivity contribution in [1.29, 1.82) is 0 Å². The predicted octanol–water partition coefficient (Wildman–Crippen LogP) is 5.17. The molecule has 0 fully saturated rings. The topological polar surface area (TPSA) is 69.7 Å². The molecule has 0 radical (unpaired) electrons. The summed E-state index contributed by atoms with van der Waals surface area (Å²) in [6.07, 6.45) is 4.71. The van der Waals surface area contributed by atoms with E-state index in [1.54, 1.807) is 19.1 Å². The van der Waals surface area contributed by atoms with Crippen LogP contribution in [-0.2, 0) is 19.4 Å². The molecule has 0 saturated carbocycles. The van der Waals surface area contributed by atoms with Crippen molar-refractivity contribution in [3.8, 4) is 5.75 Å². The monoisotopic (exact) mass is 442 g/mol. The second-order valence-corrected chi connectivity index (χ2v) is 9.57. The fourth-order valence-corrected chi connectivity index (χ4v) is 4.39. The summed E-state index contributed by atoms with van der Waals surface area (Å²) in [5, 5.41) is 0. The van der Waals surface area contributed by atoms with Gasteiger partial charge in [-0.1, -0.05) is 63.3 Å². The molecule has 0 aliphatic rings. The lowest BCUT2D eigenvalue weighted by molar-refractivity contribution is -0.139. The third-order valence-corrected chi connectivity index (χ3v) is 6.72. The van der Waals surface area contributed by atoms with Crippen molar-refractivity contribution in [2.75, 3.05) is 19.0 Å². The Balaban J connectivity index is 1.89. The summed E-state index contributed by atoms with van der Waals surface area (Å²) in [5.74, 6) is 0.566. The second kappa shape index (κ2) is 11.5. The van der Waals surface area contributed by atoms with Gasteiger partial charge in [-0.25, -0.2) is 13.2 Å². The van der Waals surface area contributed by atoms with E-state index in [4.69, 9.17) is 9.47 Å². The molecule has 1 atom stereocenters. The van der Waals surface area contributed by atoms with Crippen LogP contribution in [0.5, 0.6) is 5.75 Å². The molecule has 0 heterocycles. The molecule has 0 amide bonds. The lowest BCUT2D eigenvalue weighted by Gasteiger charge is -2.09. The van der Waals surface area contributed by atoms with Crippen LogP contribution in [0.25, 0.3) is 12.2 Å². The smallest absolute Gasteiger partial charge is 0.333 e. The van der Waals surface area contributed by atoms with E-state index in [1.807, 2.05) is 62.4 Å². The van der Waals surface area contributed by atoms with Crippen molar-refractivity contribution in [3.63, 3.8) is 0 Å². The van der Waals surface area contributed by atoms with Gasteiger partial charge in [0.2, 0.25) is 0 Å². The highest BCUT2D eigenvalue weighted by atomic mass is 32.2. The zero-order valence-electron chi connectivity index (χ0n) is 18.3. The highest BCUT2D eigenvalue weighted by Gasteiger charge is 2.17. The number of hydrogen-bond acceptors (Lipinski definition) is 5. The van der Waals surface area contributed by atoms with Crippen LogP contribution in [0.1, 0.15) is 38.3 Å². The first-order chi connectivity index (χ1) is 14.7. The molecule has 0 saturated heterocycles. The molecule has 0 spiro atoms. The van der Waals surface area contributed by atoms with Crippen LogP contribution >= 0.6 is 0 Å². The van der Waals surface area contributed by atoms with Crippen molar-refractivity contribution in [2.24, 2.45) is 5.92 Å². The van der Waals surface area contributed by atoms with Crippen molar-refractivity contribution in [1.82, 2.24) is 0 Å². The molecule has 0 aromatic heterocycles. The zero-order chi connectivity index (χ0) is 22.9. The number of sulfone groups is 1. The quantitative estimate of drug-likeness (QED) is 0.208. The van der Waals surface area contributed by atoms with Gasteiger partial charge < -0.3 is 9.47 Å². The fraction of sp³-hybridized carbons (Fsp3) is 0.320. The standard InChI is InChI=1S/C25H30O5S/c1-5-20(4)18-31(27,28)24-14-10-22(11-15-24)7-6-21-8-12-23(13-9-21)29-16-17-30-25(26)19(2)3/h6-15,20H,2,5,16-18H2,1,3-4H3/b7-6+. The Labute approximate surface area is 185 Å². The third-order valence-electron chi connectivity index (χ3n) is 4.72. The van der Waals surface area contributed by atoms with E-state index in [-0.39, 0.29) is 24.9 Å². The summed E-state index contributed by atoms with van der Waals surface area (Å²) in [5.41, 5.74) is 2.26. The first-order valence-corrected chi connectivity index (χ1v) is 11.9. The second-order valence-electron chi connectivity index (χ2n) is 7.53. The third kappa shape index (κ3) is 8.06. The highest BCUT2D eigenvalue weighted by Crippen LogP contribution is 2.18. The normalized spacial score (nSPS) is 12.5. The predicted molar refractivity (Wildman–Crippen MR) is 125 cm³/mol. The number of hydrogen-bond donors (Lipinski definition) is 0. The van der Waals surface area contributed by atoms with Crippen molar-refractivity contribution >= 4 is 28.0 Å². The van der Waals surface area contributed by atoms with Crippen LogP contribution in [0, 0.1) is 5.92 Å². The van der Waals surface area contributed by atoms with Crippen LogP contribution in [0.3, 0.4) is 0 Å². The zero-order valence-corrected chi connectivity index (χ0v) is 19.2. The van der Waals surface area contributed by atoms with E-state index in [9.17, 15) is 13.2 Å². The Morgan fingerprint density at radius 3 is 2.06 bits per heavy atom. The minimum atomic E-state index is -3.25. The lowest BCUT2D eigenvalue weighted by Crippen LogP contribution is -2.13. The number of rotatable bonds is 11. The first-order valence-electron chi connectivity index (χ1n) is 10.3. The molecule has 166 valence electrons. The molecule has 2 aromatic carbocycles. The Kier molecular flexibility index (Phi) is 9.06. The summed E-state index contributed by atoms with van der Waals surface area (Å²) in [7, 11) is -3.25. The van der Waals surface area contributed by atoms with Gasteiger partial charge in [0.1, 0.15) is 19.0 Å². The van der Waals surface area contributed by atoms with Gasteiger partial charge >= 0.3 is 5.97 Å². The summed E-state index contributed by atoms with van der Waals surface area (Å²) >= 11 is 0. The molecule has 0 bridgehead atoms. The molecule has 0 aliphatic carbocycles. The maximum absolute atomic E-state index is 12.4. The largest absolute Gasteiger partial charge is 0.490 e. The lowest BCUT2D eigenvalue weighted by atomic mass is 10.1. The number of benzene rings is 2. The van der Waals surface area contributed by atoms with Gasteiger partial charge in [0, 0.05) is 5.57 Å². The van der Waals surface area contributed by atoms with Gasteiger partial charge in [-0.15, -0.1) is 0 Å². The van der Waals surface area contributed by atoms with E-state index in [2.05, 4.69) is 6.58 Å². The van der Waals surface area contributed by atoms with Crippen LogP contribution in [-0.4, -0.2) is 33.4 Å².